The molecule has 0 radical (unpaired) electrons. The Labute approximate surface area is 101 Å². The van der Waals surface area contributed by atoms with Crippen molar-refractivity contribution in [1.82, 2.24) is 9.88 Å². The molecule has 17 heavy (non-hydrogen) atoms. The number of amides is 1. The molecule has 1 aliphatic heterocycles. The predicted molar refractivity (Wildman–Crippen MR) is 63.1 cm³/mol. The van der Waals surface area contributed by atoms with Crippen molar-refractivity contribution >= 4 is 5.91 Å². The maximum Gasteiger partial charge on any atom is 0.254 e. The molecular formula is C13H17FN2O. The molecular weight excluding hydrogens is 219 g/mol. The predicted octanol–water partition coefficient (Wildman–Crippen LogP) is 2.48. The summed E-state index contributed by atoms with van der Waals surface area (Å²) in [5.74, 6) is -0.0938. The van der Waals surface area contributed by atoms with Crippen LogP contribution in [0.15, 0.2) is 18.3 Å². The van der Waals surface area contributed by atoms with Crippen LogP contribution < -0.4 is 0 Å². The standard InChI is InChI=1S/C13H17FN2O/c1-2-10-4-3-7-16(9-10)13(17)11-5-6-15-12(14)8-11/h5-6,8,10H,2-4,7,9H2,1H3. The van der Waals surface area contributed by atoms with Gasteiger partial charge in [-0.15, -0.1) is 0 Å². The van der Waals surface area contributed by atoms with E-state index in [1.165, 1.54) is 18.7 Å². The minimum atomic E-state index is -0.597. The normalized spacial score (nSPS) is 20.4. The van der Waals surface area contributed by atoms with E-state index in [1.807, 2.05) is 4.90 Å². The van der Waals surface area contributed by atoms with Crippen LogP contribution >= 0.6 is 0 Å². The maximum atomic E-state index is 13.0. The van der Waals surface area contributed by atoms with Crippen molar-refractivity contribution < 1.29 is 9.18 Å². The topological polar surface area (TPSA) is 33.2 Å². The molecule has 1 fully saturated rings. The van der Waals surface area contributed by atoms with Gasteiger partial charge in [0.2, 0.25) is 5.95 Å². The molecule has 1 atom stereocenters. The molecule has 1 aromatic heterocycles. The lowest BCUT2D eigenvalue weighted by atomic mass is 9.95. The van der Waals surface area contributed by atoms with Gasteiger partial charge in [0.15, 0.2) is 0 Å². The molecule has 0 spiro atoms. The first-order valence-electron chi connectivity index (χ1n) is 6.11. The van der Waals surface area contributed by atoms with Gasteiger partial charge < -0.3 is 4.90 Å². The Balaban J connectivity index is 2.09. The molecule has 92 valence electrons. The monoisotopic (exact) mass is 236 g/mol. The van der Waals surface area contributed by atoms with Crippen LogP contribution in [-0.2, 0) is 0 Å². The van der Waals surface area contributed by atoms with Gasteiger partial charge >= 0.3 is 0 Å². The molecule has 0 aromatic carbocycles. The van der Waals surface area contributed by atoms with Crippen molar-refractivity contribution in [3.63, 3.8) is 0 Å². The lowest BCUT2D eigenvalue weighted by Crippen LogP contribution is -2.39. The third-order valence-electron chi connectivity index (χ3n) is 3.36. The second-order valence-corrected chi connectivity index (χ2v) is 4.53. The van der Waals surface area contributed by atoms with Gasteiger partial charge in [-0.25, -0.2) is 4.98 Å². The second kappa shape index (κ2) is 5.25. The van der Waals surface area contributed by atoms with Gasteiger partial charge in [-0.2, -0.15) is 4.39 Å². The fourth-order valence-electron chi connectivity index (χ4n) is 2.30. The number of hydrogen-bond donors (Lipinski definition) is 0. The number of pyridine rings is 1. The third-order valence-corrected chi connectivity index (χ3v) is 3.36. The summed E-state index contributed by atoms with van der Waals surface area (Å²) in [6.45, 7) is 3.71. The molecule has 0 bridgehead atoms. The molecule has 1 unspecified atom stereocenters. The van der Waals surface area contributed by atoms with Crippen LogP contribution in [0.25, 0.3) is 0 Å². The average molecular weight is 236 g/mol. The number of likely N-dealkylation sites (tertiary alicyclic amines) is 1. The van der Waals surface area contributed by atoms with Crippen LogP contribution in [0.3, 0.4) is 0 Å². The second-order valence-electron chi connectivity index (χ2n) is 4.53. The van der Waals surface area contributed by atoms with Crippen LogP contribution in [0, 0.1) is 11.9 Å². The lowest BCUT2D eigenvalue weighted by molar-refractivity contribution is 0.0670. The van der Waals surface area contributed by atoms with Gasteiger partial charge in [-0.05, 0) is 24.8 Å². The van der Waals surface area contributed by atoms with E-state index in [9.17, 15) is 9.18 Å². The summed E-state index contributed by atoms with van der Waals surface area (Å²) in [6, 6.07) is 2.78. The zero-order valence-electron chi connectivity index (χ0n) is 10.0. The van der Waals surface area contributed by atoms with E-state index in [2.05, 4.69) is 11.9 Å². The number of rotatable bonds is 2. The summed E-state index contributed by atoms with van der Waals surface area (Å²) in [5, 5.41) is 0. The molecule has 0 saturated carbocycles. The van der Waals surface area contributed by atoms with Crippen LogP contribution in [0.1, 0.15) is 36.5 Å². The molecule has 1 amide bonds. The van der Waals surface area contributed by atoms with E-state index in [0.29, 0.717) is 11.5 Å². The highest BCUT2D eigenvalue weighted by Gasteiger charge is 2.23. The SMILES string of the molecule is CCC1CCCN(C(=O)c2ccnc(F)c2)C1. The number of aromatic nitrogens is 1. The quantitative estimate of drug-likeness (QED) is 0.739. The van der Waals surface area contributed by atoms with Gasteiger partial charge in [0, 0.05) is 30.9 Å². The summed E-state index contributed by atoms with van der Waals surface area (Å²) < 4.78 is 13.0. The highest BCUT2D eigenvalue weighted by molar-refractivity contribution is 5.94. The first-order chi connectivity index (χ1) is 8.20. The molecule has 1 aromatic rings. The smallest absolute Gasteiger partial charge is 0.254 e. The summed E-state index contributed by atoms with van der Waals surface area (Å²) in [7, 11) is 0. The van der Waals surface area contributed by atoms with Crippen molar-refractivity contribution in [2.24, 2.45) is 5.92 Å². The zero-order chi connectivity index (χ0) is 12.3. The first-order valence-corrected chi connectivity index (χ1v) is 6.11. The van der Waals surface area contributed by atoms with Crippen molar-refractivity contribution in [2.75, 3.05) is 13.1 Å². The number of nitrogens with zero attached hydrogens (tertiary/aromatic N) is 2. The lowest BCUT2D eigenvalue weighted by Gasteiger charge is -2.32. The van der Waals surface area contributed by atoms with E-state index in [-0.39, 0.29) is 5.91 Å². The van der Waals surface area contributed by atoms with Gasteiger partial charge in [0.05, 0.1) is 0 Å². The molecule has 0 aliphatic carbocycles. The van der Waals surface area contributed by atoms with Crippen molar-refractivity contribution in [1.29, 1.82) is 0 Å². The Hall–Kier alpha value is -1.45. The van der Waals surface area contributed by atoms with Crippen molar-refractivity contribution in [3.8, 4) is 0 Å². The average Bonchev–Trinajstić information content (AvgIpc) is 2.38. The minimum absolute atomic E-state index is 0.0792. The van der Waals surface area contributed by atoms with E-state index < -0.39 is 5.95 Å². The van der Waals surface area contributed by atoms with E-state index >= 15 is 0 Å². The summed E-state index contributed by atoms with van der Waals surface area (Å²) >= 11 is 0. The number of carbonyl (C=O) groups excluding carboxylic acids is 1. The molecule has 2 rings (SSSR count). The highest BCUT2D eigenvalue weighted by Crippen LogP contribution is 2.20. The molecule has 4 heteroatoms. The van der Waals surface area contributed by atoms with Crippen molar-refractivity contribution in [3.05, 3.63) is 29.8 Å². The molecule has 1 saturated heterocycles. The Bertz CT molecular complexity index is 408. The van der Waals surface area contributed by atoms with Gasteiger partial charge in [0.25, 0.3) is 5.91 Å². The molecule has 3 nitrogen and oxygen atoms in total. The third kappa shape index (κ3) is 2.81. The molecule has 0 N–H and O–H groups in total. The summed E-state index contributed by atoms with van der Waals surface area (Å²) in [6.07, 6.45) is 4.65. The summed E-state index contributed by atoms with van der Waals surface area (Å²) in [4.78, 5) is 17.4. The minimum Gasteiger partial charge on any atom is -0.338 e. The van der Waals surface area contributed by atoms with Gasteiger partial charge in [-0.3, -0.25) is 4.79 Å². The Kier molecular flexibility index (Phi) is 3.71. The van der Waals surface area contributed by atoms with Crippen LogP contribution in [-0.4, -0.2) is 28.9 Å². The highest BCUT2D eigenvalue weighted by atomic mass is 19.1. The molecule has 2 heterocycles. The van der Waals surface area contributed by atoms with Crippen molar-refractivity contribution in [2.45, 2.75) is 26.2 Å². The van der Waals surface area contributed by atoms with E-state index in [1.54, 1.807) is 6.07 Å². The van der Waals surface area contributed by atoms with Gasteiger partial charge in [-0.1, -0.05) is 13.3 Å². The number of hydrogen-bond acceptors (Lipinski definition) is 2. The largest absolute Gasteiger partial charge is 0.338 e. The summed E-state index contributed by atoms with van der Waals surface area (Å²) in [5.41, 5.74) is 0.397. The van der Waals surface area contributed by atoms with Crippen LogP contribution in [0.4, 0.5) is 4.39 Å². The first kappa shape index (κ1) is 12.0. The van der Waals surface area contributed by atoms with E-state index in [4.69, 9.17) is 0 Å². The van der Waals surface area contributed by atoms with E-state index in [0.717, 1.165) is 25.9 Å². The maximum absolute atomic E-state index is 13.0. The molecule has 1 aliphatic rings. The Morgan fingerprint density at radius 1 is 1.65 bits per heavy atom. The zero-order valence-corrected chi connectivity index (χ0v) is 10.0. The Morgan fingerprint density at radius 3 is 3.18 bits per heavy atom. The fourth-order valence-corrected chi connectivity index (χ4v) is 2.30. The number of carbonyl (C=O) groups is 1. The van der Waals surface area contributed by atoms with Gasteiger partial charge in [0.1, 0.15) is 0 Å². The number of piperidine rings is 1. The van der Waals surface area contributed by atoms with Crippen LogP contribution in [0.5, 0.6) is 0 Å². The Morgan fingerprint density at radius 2 is 2.47 bits per heavy atom. The fraction of sp³-hybridized carbons (Fsp3) is 0.538. The van der Waals surface area contributed by atoms with Crippen LogP contribution in [0.2, 0.25) is 0 Å². The number of halogens is 1.